The van der Waals surface area contributed by atoms with Gasteiger partial charge in [-0.3, -0.25) is 14.5 Å². The molecule has 35 heavy (non-hydrogen) atoms. The fraction of sp³-hybridized carbons (Fsp3) is 0.586. The van der Waals surface area contributed by atoms with Crippen LogP contribution >= 0.6 is 11.3 Å². The number of fused-ring (bicyclic) bond motifs is 1. The van der Waals surface area contributed by atoms with Crippen LogP contribution in [0.4, 0.5) is 0 Å². The standard InChI is InChI=1S/C29H41N3O2S/c1-4-5-6-7-13-27(33)30-16-10-17-31(20-19-30)29(34)23(3)32-18-14-26-25(15-21-35-26)28(32)24-12-9-8-11-22(24)2/h8-9,11-12,15,21,23,28H,4-7,10,13-14,16-20H2,1-3H3/t23-,28+/m1/s1. The molecule has 0 unspecified atom stereocenters. The summed E-state index contributed by atoms with van der Waals surface area (Å²) < 4.78 is 0. The van der Waals surface area contributed by atoms with Gasteiger partial charge in [0.15, 0.2) is 0 Å². The summed E-state index contributed by atoms with van der Waals surface area (Å²) >= 11 is 1.83. The average molecular weight is 496 g/mol. The smallest absolute Gasteiger partial charge is 0.239 e. The van der Waals surface area contributed by atoms with E-state index in [1.165, 1.54) is 34.4 Å². The van der Waals surface area contributed by atoms with E-state index in [2.05, 4.69) is 61.4 Å². The van der Waals surface area contributed by atoms with Crippen molar-refractivity contribution in [1.82, 2.24) is 14.7 Å². The predicted molar refractivity (Wildman–Crippen MR) is 144 cm³/mol. The quantitative estimate of drug-likeness (QED) is 0.459. The van der Waals surface area contributed by atoms with E-state index in [1.54, 1.807) is 0 Å². The molecule has 0 spiro atoms. The monoisotopic (exact) mass is 495 g/mol. The van der Waals surface area contributed by atoms with Crippen molar-refractivity contribution < 1.29 is 9.59 Å². The summed E-state index contributed by atoms with van der Waals surface area (Å²) in [7, 11) is 0. The Hall–Kier alpha value is -2.18. The molecule has 3 heterocycles. The first-order chi connectivity index (χ1) is 17.0. The van der Waals surface area contributed by atoms with Crippen LogP contribution in [0.25, 0.3) is 0 Å². The molecule has 5 nitrogen and oxygen atoms in total. The van der Waals surface area contributed by atoms with Gasteiger partial charge in [-0.1, -0.05) is 50.5 Å². The summed E-state index contributed by atoms with van der Waals surface area (Å²) in [4.78, 5) is 34.3. The van der Waals surface area contributed by atoms with Crippen molar-refractivity contribution in [2.24, 2.45) is 0 Å². The van der Waals surface area contributed by atoms with Gasteiger partial charge in [-0.2, -0.15) is 0 Å². The molecule has 1 fully saturated rings. The topological polar surface area (TPSA) is 43.9 Å². The Morgan fingerprint density at radius 2 is 1.74 bits per heavy atom. The van der Waals surface area contributed by atoms with E-state index in [-0.39, 0.29) is 23.9 Å². The van der Waals surface area contributed by atoms with Crippen molar-refractivity contribution in [3.05, 3.63) is 57.3 Å². The lowest BCUT2D eigenvalue weighted by Gasteiger charge is -2.41. The van der Waals surface area contributed by atoms with Crippen molar-refractivity contribution in [3.8, 4) is 0 Å². The maximum Gasteiger partial charge on any atom is 0.239 e. The summed E-state index contributed by atoms with van der Waals surface area (Å²) in [6, 6.07) is 10.7. The zero-order valence-electron chi connectivity index (χ0n) is 21.7. The Morgan fingerprint density at radius 1 is 0.971 bits per heavy atom. The van der Waals surface area contributed by atoms with Crippen molar-refractivity contribution in [2.75, 3.05) is 32.7 Å². The molecule has 2 atom stereocenters. The van der Waals surface area contributed by atoms with Gasteiger partial charge in [-0.15, -0.1) is 11.3 Å². The molecular weight excluding hydrogens is 454 g/mol. The number of hydrogen-bond donors (Lipinski definition) is 0. The van der Waals surface area contributed by atoms with E-state index < -0.39 is 0 Å². The van der Waals surface area contributed by atoms with Crippen LogP contribution in [0.15, 0.2) is 35.7 Å². The summed E-state index contributed by atoms with van der Waals surface area (Å²) in [5, 5.41) is 2.19. The van der Waals surface area contributed by atoms with E-state index in [4.69, 9.17) is 0 Å². The second kappa shape index (κ2) is 12.2. The minimum atomic E-state index is -0.205. The van der Waals surface area contributed by atoms with E-state index in [0.29, 0.717) is 19.5 Å². The molecule has 1 aromatic heterocycles. The molecule has 0 N–H and O–H groups in total. The number of unbranched alkanes of at least 4 members (excludes halogenated alkanes) is 3. The number of rotatable bonds is 8. The fourth-order valence-corrected chi connectivity index (χ4v) is 6.55. The first-order valence-electron chi connectivity index (χ1n) is 13.4. The van der Waals surface area contributed by atoms with Gasteiger partial charge in [-0.25, -0.2) is 0 Å². The molecule has 1 saturated heterocycles. The Kier molecular flexibility index (Phi) is 9.01. The van der Waals surface area contributed by atoms with Gasteiger partial charge in [-0.05, 0) is 61.2 Å². The molecule has 2 aliphatic rings. The SMILES string of the molecule is CCCCCCC(=O)N1CCCN(C(=O)[C@@H](C)N2CCc3sccc3[C@@H]2c2ccccc2C)CC1. The largest absolute Gasteiger partial charge is 0.341 e. The Balaban J connectivity index is 1.44. The van der Waals surface area contributed by atoms with E-state index >= 15 is 0 Å². The zero-order valence-corrected chi connectivity index (χ0v) is 22.5. The molecule has 0 bridgehead atoms. The van der Waals surface area contributed by atoms with Crippen LogP contribution < -0.4 is 0 Å². The van der Waals surface area contributed by atoms with Crippen LogP contribution in [0.1, 0.15) is 80.0 Å². The summed E-state index contributed by atoms with van der Waals surface area (Å²) in [5.74, 6) is 0.448. The number of amides is 2. The Labute approximate surface area is 215 Å². The highest BCUT2D eigenvalue weighted by atomic mass is 32.1. The summed E-state index contributed by atoms with van der Waals surface area (Å²) in [6.45, 7) is 10.1. The first kappa shape index (κ1) is 25.9. The van der Waals surface area contributed by atoms with Crippen LogP contribution in [0.5, 0.6) is 0 Å². The zero-order chi connectivity index (χ0) is 24.8. The van der Waals surface area contributed by atoms with Gasteiger partial charge in [0.1, 0.15) is 0 Å². The Morgan fingerprint density at radius 3 is 2.54 bits per heavy atom. The van der Waals surface area contributed by atoms with Crippen molar-refractivity contribution in [2.45, 2.75) is 77.8 Å². The second-order valence-corrected chi connectivity index (χ2v) is 11.1. The van der Waals surface area contributed by atoms with Crippen LogP contribution in [-0.2, 0) is 16.0 Å². The molecule has 6 heteroatoms. The van der Waals surface area contributed by atoms with Crippen LogP contribution in [0.3, 0.4) is 0 Å². The van der Waals surface area contributed by atoms with E-state index in [9.17, 15) is 9.59 Å². The highest BCUT2D eigenvalue weighted by molar-refractivity contribution is 7.10. The number of carbonyl (C=O) groups is 2. The molecular formula is C29H41N3O2S. The molecule has 0 aliphatic carbocycles. The minimum absolute atomic E-state index is 0.110. The molecule has 4 rings (SSSR count). The highest BCUT2D eigenvalue weighted by Crippen LogP contribution is 2.40. The van der Waals surface area contributed by atoms with Crippen LogP contribution in [-0.4, -0.2) is 65.3 Å². The van der Waals surface area contributed by atoms with Gasteiger partial charge in [0, 0.05) is 44.0 Å². The van der Waals surface area contributed by atoms with Gasteiger partial charge < -0.3 is 9.80 Å². The second-order valence-electron chi connectivity index (χ2n) is 10.1. The first-order valence-corrected chi connectivity index (χ1v) is 14.3. The van der Waals surface area contributed by atoms with Crippen LogP contribution in [0, 0.1) is 6.92 Å². The maximum atomic E-state index is 13.8. The summed E-state index contributed by atoms with van der Waals surface area (Å²) in [6.07, 6.45) is 6.97. The lowest BCUT2D eigenvalue weighted by molar-refractivity contribution is -0.138. The van der Waals surface area contributed by atoms with Crippen LogP contribution in [0.2, 0.25) is 0 Å². The van der Waals surface area contributed by atoms with Crippen molar-refractivity contribution >= 4 is 23.2 Å². The maximum absolute atomic E-state index is 13.8. The third kappa shape index (κ3) is 5.97. The minimum Gasteiger partial charge on any atom is -0.341 e. The predicted octanol–water partition coefficient (Wildman–Crippen LogP) is 5.42. The lowest BCUT2D eigenvalue weighted by Crippen LogP contribution is -2.51. The Bertz CT molecular complexity index is 1000. The number of hydrogen-bond acceptors (Lipinski definition) is 4. The average Bonchev–Trinajstić information content (AvgIpc) is 3.21. The number of aryl methyl sites for hydroxylation is 1. The van der Waals surface area contributed by atoms with Gasteiger partial charge >= 0.3 is 0 Å². The summed E-state index contributed by atoms with van der Waals surface area (Å²) in [5.41, 5.74) is 3.91. The van der Waals surface area contributed by atoms with Gasteiger partial charge in [0.05, 0.1) is 12.1 Å². The third-order valence-electron chi connectivity index (χ3n) is 7.75. The van der Waals surface area contributed by atoms with Gasteiger partial charge in [0.2, 0.25) is 11.8 Å². The third-order valence-corrected chi connectivity index (χ3v) is 8.74. The molecule has 2 amide bonds. The van der Waals surface area contributed by atoms with E-state index in [0.717, 1.165) is 45.3 Å². The number of benzene rings is 1. The molecule has 2 aliphatic heterocycles. The molecule has 2 aromatic rings. The molecule has 0 saturated carbocycles. The highest BCUT2D eigenvalue weighted by Gasteiger charge is 2.37. The fourth-order valence-electron chi connectivity index (χ4n) is 5.65. The number of carbonyl (C=O) groups excluding carboxylic acids is 2. The van der Waals surface area contributed by atoms with E-state index in [1.807, 2.05) is 21.1 Å². The van der Waals surface area contributed by atoms with Crippen molar-refractivity contribution in [1.29, 1.82) is 0 Å². The number of thiophene rings is 1. The molecule has 1 aromatic carbocycles. The number of nitrogens with zero attached hydrogens (tertiary/aromatic N) is 3. The molecule has 190 valence electrons. The molecule has 0 radical (unpaired) electrons. The van der Waals surface area contributed by atoms with Gasteiger partial charge in [0.25, 0.3) is 0 Å². The lowest BCUT2D eigenvalue weighted by atomic mass is 9.89. The van der Waals surface area contributed by atoms with Crippen molar-refractivity contribution in [3.63, 3.8) is 0 Å². The normalized spacial score (nSPS) is 19.8.